The van der Waals surface area contributed by atoms with Gasteiger partial charge in [-0.05, 0) is 44.2 Å². The van der Waals surface area contributed by atoms with Gasteiger partial charge in [-0.25, -0.2) is 5.43 Å². The van der Waals surface area contributed by atoms with Crippen LogP contribution < -0.4 is 14.9 Å². The molecule has 1 aliphatic heterocycles. The predicted octanol–water partition coefficient (Wildman–Crippen LogP) is 2.32. The van der Waals surface area contributed by atoms with Crippen LogP contribution in [-0.4, -0.2) is 29.8 Å². The SMILES string of the molecule is C/C(=N/NC(=O)c1ccc(C)nc1)c1ccc2c(c1)OCCO2. The summed E-state index contributed by atoms with van der Waals surface area (Å²) in [5.74, 6) is 1.12. The molecule has 0 atom stereocenters. The highest BCUT2D eigenvalue weighted by molar-refractivity contribution is 6.01. The number of carbonyl (C=O) groups excluding carboxylic acids is 1. The monoisotopic (exact) mass is 311 g/mol. The molecule has 0 unspecified atom stereocenters. The zero-order valence-electron chi connectivity index (χ0n) is 13.0. The molecule has 2 aromatic rings. The number of benzene rings is 1. The summed E-state index contributed by atoms with van der Waals surface area (Å²) in [4.78, 5) is 16.1. The molecule has 0 bridgehead atoms. The lowest BCUT2D eigenvalue weighted by Gasteiger charge is -2.18. The van der Waals surface area contributed by atoms with Crippen molar-refractivity contribution in [1.29, 1.82) is 0 Å². The molecule has 0 fully saturated rings. The van der Waals surface area contributed by atoms with E-state index in [9.17, 15) is 4.79 Å². The molecule has 23 heavy (non-hydrogen) atoms. The lowest BCUT2D eigenvalue weighted by atomic mass is 10.1. The Labute approximate surface area is 134 Å². The first kappa shape index (κ1) is 15.0. The van der Waals surface area contributed by atoms with E-state index in [1.54, 1.807) is 12.1 Å². The standard InChI is InChI=1S/C17H17N3O3/c1-11-3-4-14(10-18-11)17(21)20-19-12(2)13-5-6-15-16(9-13)23-8-7-22-15/h3-6,9-10H,7-8H2,1-2H3,(H,20,21)/b19-12-. The van der Waals surface area contributed by atoms with E-state index in [4.69, 9.17) is 9.47 Å². The number of aryl methyl sites for hydroxylation is 1. The number of carbonyl (C=O) groups is 1. The smallest absolute Gasteiger partial charge is 0.272 e. The Kier molecular flexibility index (Phi) is 4.23. The average Bonchev–Trinajstić information content (AvgIpc) is 2.59. The first-order valence-corrected chi connectivity index (χ1v) is 7.31. The van der Waals surface area contributed by atoms with E-state index in [-0.39, 0.29) is 5.91 Å². The summed E-state index contributed by atoms with van der Waals surface area (Å²) >= 11 is 0. The number of pyridine rings is 1. The number of hydrogen-bond acceptors (Lipinski definition) is 5. The topological polar surface area (TPSA) is 72.8 Å². The van der Waals surface area contributed by atoms with E-state index in [1.807, 2.05) is 32.0 Å². The number of hydrazone groups is 1. The van der Waals surface area contributed by atoms with Crippen LogP contribution in [0.4, 0.5) is 0 Å². The predicted molar refractivity (Wildman–Crippen MR) is 86.1 cm³/mol. The van der Waals surface area contributed by atoms with Crippen molar-refractivity contribution in [2.24, 2.45) is 5.10 Å². The largest absolute Gasteiger partial charge is 0.486 e. The fourth-order valence-corrected chi connectivity index (χ4v) is 2.13. The summed E-state index contributed by atoms with van der Waals surface area (Å²) in [5.41, 5.74) is 5.39. The van der Waals surface area contributed by atoms with E-state index < -0.39 is 0 Å². The summed E-state index contributed by atoms with van der Waals surface area (Å²) in [6, 6.07) is 9.08. The highest BCUT2D eigenvalue weighted by atomic mass is 16.6. The van der Waals surface area contributed by atoms with E-state index in [0.29, 0.717) is 30.2 Å². The van der Waals surface area contributed by atoms with Gasteiger partial charge in [0.1, 0.15) is 13.2 Å². The average molecular weight is 311 g/mol. The summed E-state index contributed by atoms with van der Waals surface area (Å²) in [6.45, 7) is 4.77. The van der Waals surface area contributed by atoms with Gasteiger partial charge in [-0.2, -0.15) is 5.10 Å². The van der Waals surface area contributed by atoms with Gasteiger partial charge < -0.3 is 9.47 Å². The highest BCUT2D eigenvalue weighted by Crippen LogP contribution is 2.30. The maximum absolute atomic E-state index is 12.0. The fraction of sp³-hybridized carbons (Fsp3) is 0.235. The van der Waals surface area contributed by atoms with Crippen molar-refractivity contribution >= 4 is 11.6 Å². The van der Waals surface area contributed by atoms with E-state index in [2.05, 4.69) is 15.5 Å². The molecule has 118 valence electrons. The van der Waals surface area contributed by atoms with Crippen LogP contribution in [0.15, 0.2) is 41.6 Å². The molecule has 1 aromatic carbocycles. The first-order chi connectivity index (χ1) is 11.1. The van der Waals surface area contributed by atoms with Gasteiger partial charge in [0.25, 0.3) is 5.91 Å². The van der Waals surface area contributed by atoms with Crippen molar-refractivity contribution in [1.82, 2.24) is 10.4 Å². The van der Waals surface area contributed by atoms with Gasteiger partial charge in [-0.1, -0.05) is 0 Å². The number of fused-ring (bicyclic) bond motifs is 1. The van der Waals surface area contributed by atoms with Crippen LogP contribution in [0.3, 0.4) is 0 Å². The number of rotatable bonds is 3. The molecule has 1 aromatic heterocycles. The minimum Gasteiger partial charge on any atom is -0.486 e. The Morgan fingerprint density at radius 3 is 2.61 bits per heavy atom. The van der Waals surface area contributed by atoms with Gasteiger partial charge >= 0.3 is 0 Å². The van der Waals surface area contributed by atoms with Gasteiger partial charge in [0, 0.05) is 17.5 Å². The van der Waals surface area contributed by atoms with Crippen LogP contribution >= 0.6 is 0 Å². The second-order valence-electron chi connectivity index (χ2n) is 5.18. The molecule has 0 saturated carbocycles. The number of ether oxygens (including phenoxy) is 2. The van der Waals surface area contributed by atoms with E-state index in [1.165, 1.54) is 6.20 Å². The Morgan fingerprint density at radius 1 is 1.13 bits per heavy atom. The summed E-state index contributed by atoms with van der Waals surface area (Å²) in [7, 11) is 0. The van der Waals surface area contributed by atoms with E-state index in [0.717, 1.165) is 17.0 Å². The molecule has 2 heterocycles. The zero-order chi connectivity index (χ0) is 16.2. The summed E-state index contributed by atoms with van der Waals surface area (Å²) < 4.78 is 11.0. The molecule has 0 radical (unpaired) electrons. The third-order valence-electron chi connectivity index (χ3n) is 3.46. The normalized spacial score (nSPS) is 13.6. The molecular formula is C17H17N3O3. The van der Waals surface area contributed by atoms with Crippen LogP contribution in [0.2, 0.25) is 0 Å². The molecule has 0 aliphatic carbocycles. The minimum atomic E-state index is -0.297. The molecule has 6 heteroatoms. The van der Waals surface area contributed by atoms with Crippen LogP contribution in [0, 0.1) is 6.92 Å². The first-order valence-electron chi connectivity index (χ1n) is 7.31. The summed E-state index contributed by atoms with van der Waals surface area (Å²) in [5, 5.41) is 4.14. The van der Waals surface area contributed by atoms with Gasteiger partial charge in [0.15, 0.2) is 11.5 Å². The Hall–Kier alpha value is -2.89. The van der Waals surface area contributed by atoms with Crippen molar-refractivity contribution in [3.05, 3.63) is 53.3 Å². The molecule has 1 amide bonds. The Morgan fingerprint density at radius 2 is 1.87 bits per heavy atom. The van der Waals surface area contributed by atoms with Crippen molar-refractivity contribution in [3.63, 3.8) is 0 Å². The van der Waals surface area contributed by atoms with Crippen LogP contribution in [0.5, 0.6) is 11.5 Å². The van der Waals surface area contributed by atoms with Crippen molar-refractivity contribution in [2.45, 2.75) is 13.8 Å². The number of amides is 1. The third-order valence-corrected chi connectivity index (χ3v) is 3.46. The minimum absolute atomic E-state index is 0.297. The van der Waals surface area contributed by atoms with E-state index >= 15 is 0 Å². The third kappa shape index (κ3) is 3.48. The van der Waals surface area contributed by atoms with Gasteiger partial charge in [-0.3, -0.25) is 9.78 Å². The maximum Gasteiger partial charge on any atom is 0.272 e. The second kappa shape index (κ2) is 6.48. The number of hydrogen-bond donors (Lipinski definition) is 1. The number of aromatic nitrogens is 1. The van der Waals surface area contributed by atoms with Crippen molar-refractivity contribution < 1.29 is 14.3 Å². The quantitative estimate of drug-likeness (QED) is 0.697. The van der Waals surface area contributed by atoms with Crippen LogP contribution in [0.1, 0.15) is 28.5 Å². The second-order valence-corrected chi connectivity index (χ2v) is 5.18. The van der Waals surface area contributed by atoms with Crippen LogP contribution in [0.25, 0.3) is 0 Å². The Bertz CT molecular complexity index is 754. The molecule has 1 N–H and O–H groups in total. The number of nitrogens with zero attached hydrogens (tertiary/aromatic N) is 2. The Balaban J connectivity index is 1.72. The molecule has 0 spiro atoms. The lowest BCUT2D eigenvalue weighted by Crippen LogP contribution is -2.20. The van der Waals surface area contributed by atoms with Gasteiger partial charge in [-0.15, -0.1) is 0 Å². The van der Waals surface area contributed by atoms with Crippen LogP contribution in [-0.2, 0) is 0 Å². The number of nitrogens with one attached hydrogen (secondary N) is 1. The van der Waals surface area contributed by atoms with Crippen molar-refractivity contribution in [3.8, 4) is 11.5 Å². The highest BCUT2D eigenvalue weighted by Gasteiger charge is 2.13. The molecule has 6 nitrogen and oxygen atoms in total. The summed E-state index contributed by atoms with van der Waals surface area (Å²) in [6.07, 6.45) is 1.53. The van der Waals surface area contributed by atoms with Gasteiger partial charge in [0.2, 0.25) is 0 Å². The molecule has 3 rings (SSSR count). The molecule has 0 saturated heterocycles. The lowest BCUT2D eigenvalue weighted by molar-refractivity contribution is 0.0954. The van der Waals surface area contributed by atoms with Crippen molar-refractivity contribution in [2.75, 3.05) is 13.2 Å². The zero-order valence-corrected chi connectivity index (χ0v) is 13.0. The van der Waals surface area contributed by atoms with Gasteiger partial charge in [0.05, 0.1) is 11.3 Å². The molecule has 1 aliphatic rings. The maximum atomic E-state index is 12.0. The fourth-order valence-electron chi connectivity index (χ4n) is 2.13. The molecular weight excluding hydrogens is 294 g/mol.